The summed E-state index contributed by atoms with van der Waals surface area (Å²) in [6, 6.07) is 15.0. The van der Waals surface area contributed by atoms with Crippen LogP contribution in [0.15, 0.2) is 53.3 Å². The van der Waals surface area contributed by atoms with Gasteiger partial charge < -0.3 is 10.0 Å². The van der Waals surface area contributed by atoms with Gasteiger partial charge in [-0.05, 0) is 22.6 Å². The van der Waals surface area contributed by atoms with Gasteiger partial charge >= 0.3 is 5.56 Å². The lowest BCUT2D eigenvalue weighted by Crippen LogP contribution is -2.43. The maximum Gasteiger partial charge on any atom is 0.352 e. The van der Waals surface area contributed by atoms with Gasteiger partial charge in [-0.25, -0.2) is 0 Å². The van der Waals surface area contributed by atoms with Crippen molar-refractivity contribution in [2.45, 2.75) is 39.7 Å². The van der Waals surface area contributed by atoms with Gasteiger partial charge in [-0.2, -0.15) is 4.73 Å². The molecule has 0 bridgehead atoms. The second-order valence-corrected chi connectivity index (χ2v) is 7.19. The van der Waals surface area contributed by atoms with Crippen LogP contribution in [-0.2, 0) is 12.0 Å². The summed E-state index contributed by atoms with van der Waals surface area (Å²) in [5, 5.41) is 12.2. The number of nitrogens with zero attached hydrogens (tertiary/aromatic N) is 2. The summed E-state index contributed by atoms with van der Waals surface area (Å²) in [5.41, 5.74) is 2.79. The quantitative estimate of drug-likeness (QED) is 0.545. The van der Waals surface area contributed by atoms with E-state index in [0.717, 1.165) is 5.56 Å². The SMILES string of the molecule is Cc1c(=O)n(OCc2ccc(C(C)(C)C)cc2)c2ccccc2[n+]1[O-]. The van der Waals surface area contributed by atoms with Crippen LogP contribution < -0.4 is 15.1 Å². The van der Waals surface area contributed by atoms with E-state index in [9.17, 15) is 10.0 Å². The summed E-state index contributed by atoms with van der Waals surface area (Å²) in [6.45, 7) is 8.23. The molecule has 2 aromatic carbocycles. The van der Waals surface area contributed by atoms with Crippen molar-refractivity contribution >= 4 is 11.0 Å². The molecule has 3 aromatic rings. The van der Waals surface area contributed by atoms with Crippen molar-refractivity contribution in [3.05, 3.63) is 80.9 Å². The van der Waals surface area contributed by atoms with Crippen LogP contribution in [0, 0.1) is 12.1 Å². The molecule has 0 N–H and O–H groups in total. The standard InChI is InChI=1S/C20H22N2O3/c1-14-19(23)22(18-8-6-5-7-17(18)21(14)24)25-13-15-9-11-16(12-10-15)20(2,3)4/h5-12H,13H2,1-4H3. The molecule has 0 atom stereocenters. The summed E-state index contributed by atoms with van der Waals surface area (Å²) in [7, 11) is 0. The van der Waals surface area contributed by atoms with Gasteiger partial charge in [-0.1, -0.05) is 57.2 Å². The Morgan fingerprint density at radius 1 is 1.08 bits per heavy atom. The number of hydrogen-bond acceptors (Lipinski definition) is 3. The van der Waals surface area contributed by atoms with Gasteiger partial charge in [0, 0.05) is 13.0 Å². The molecule has 0 amide bonds. The van der Waals surface area contributed by atoms with Crippen LogP contribution in [0.5, 0.6) is 0 Å². The average Bonchev–Trinajstić information content (AvgIpc) is 2.59. The first-order valence-electron chi connectivity index (χ1n) is 8.25. The second kappa shape index (κ2) is 6.24. The van der Waals surface area contributed by atoms with Gasteiger partial charge in [0.05, 0.1) is 0 Å². The molecule has 5 heteroatoms. The smallest absolute Gasteiger partial charge is 0.352 e. The zero-order valence-electron chi connectivity index (χ0n) is 14.9. The number of aromatic nitrogens is 2. The lowest BCUT2D eigenvalue weighted by molar-refractivity contribution is -0.586. The molecule has 0 unspecified atom stereocenters. The fourth-order valence-corrected chi connectivity index (χ4v) is 2.70. The molecule has 0 radical (unpaired) electrons. The highest BCUT2D eigenvalue weighted by molar-refractivity contribution is 5.71. The van der Waals surface area contributed by atoms with E-state index in [-0.39, 0.29) is 17.7 Å². The predicted octanol–water partition coefficient (Wildman–Crippen LogP) is 2.87. The highest BCUT2D eigenvalue weighted by atomic mass is 16.7. The first kappa shape index (κ1) is 17.0. The molecule has 0 saturated heterocycles. The summed E-state index contributed by atoms with van der Waals surface area (Å²) in [6.07, 6.45) is 0. The Morgan fingerprint density at radius 3 is 2.36 bits per heavy atom. The lowest BCUT2D eigenvalue weighted by atomic mass is 9.87. The number of hydrogen-bond donors (Lipinski definition) is 0. The van der Waals surface area contributed by atoms with Crippen molar-refractivity contribution in [2.75, 3.05) is 0 Å². The minimum absolute atomic E-state index is 0.0850. The highest BCUT2D eigenvalue weighted by Gasteiger charge is 2.18. The molecular weight excluding hydrogens is 316 g/mol. The van der Waals surface area contributed by atoms with Crippen LogP contribution >= 0.6 is 0 Å². The molecule has 0 saturated carbocycles. The van der Waals surface area contributed by atoms with Gasteiger partial charge in [0.25, 0.3) is 5.69 Å². The Morgan fingerprint density at radius 2 is 1.72 bits per heavy atom. The molecule has 3 rings (SSSR count). The van der Waals surface area contributed by atoms with Crippen molar-refractivity contribution in [1.29, 1.82) is 0 Å². The monoisotopic (exact) mass is 338 g/mol. The van der Waals surface area contributed by atoms with Crippen LogP contribution in [-0.4, -0.2) is 4.73 Å². The molecule has 130 valence electrons. The Bertz CT molecular complexity index is 967. The first-order valence-corrected chi connectivity index (χ1v) is 8.25. The van der Waals surface area contributed by atoms with Crippen LogP contribution in [0.2, 0.25) is 0 Å². The molecule has 1 aromatic heterocycles. The Labute approximate surface area is 146 Å². The normalized spacial score (nSPS) is 11.7. The molecule has 0 spiro atoms. The van der Waals surface area contributed by atoms with Crippen molar-refractivity contribution in [1.82, 2.24) is 4.73 Å². The largest absolute Gasteiger partial charge is 0.618 e. The second-order valence-electron chi connectivity index (χ2n) is 7.19. The highest BCUT2D eigenvalue weighted by Crippen LogP contribution is 2.22. The number of rotatable bonds is 3. The molecule has 0 aliphatic heterocycles. The molecule has 0 aliphatic carbocycles. The van der Waals surface area contributed by atoms with E-state index in [1.54, 1.807) is 24.3 Å². The van der Waals surface area contributed by atoms with Crippen LogP contribution in [0.3, 0.4) is 0 Å². The minimum atomic E-state index is -0.444. The molecule has 0 fully saturated rings. The minimum Gasteiger partial charge on any atom is -0.618 e. The third-order valence-corrected chi connectivity index (χ3v) is 4.30. The fourth-order valence-electron chi connectivity index (χ4n) is 2.70. The summed E-state index contributed by atoms with van der Waals surface area (Å²) in [5.74, 6) is 0. The third kappa shape index (κ3) is 3.22. The van der Waals surface area contributed by atoms with Crippen molar-refractivity contribution in [3.8, 4) is 0 Å². The molecule has 5 nitrogen and oxygen atoms in total. The summed E-state index contributed by atoms with van der Waals surface area (Å²) in [4.78, 5) is 18.2. The Kier molecular flexibility index (Phi) is 4.25. The zero-order valence-corrected chi connectivity index (χ0v) is 14.9. The van der Waals surface area contributed by atoms with Gasteiger partial charge in [-0.15, -0.1) is 4.73 Å². The predicted molar refractivity (Wildman–Crippen MR) is 97.3 cm³/mol. The van der Waals surface area contributed by atoms with Crippen LogP contribution in [0.4, 0.5) is 0 Å². The third-order valence-electron chi connectivity index (χ3n) is 4.30. The Hall–Kier alpha value is -2.82. The van der Waals surface area contributed by atoms with E-state index in [1.807, 2.05) is 12.1 Å². The van der Waals surface area contributed by atoms with Gasteiger partial charge in [0.2, 0.25) is 5.52 Å². The van der Waals surface area contributed by atoms with E-state index in [4.69, 9.17) is 4.84 Å². The first-order chi connectivity index (χ1) is 11.8. The molecular formula is C20H22N2O3. The molecule has 25 heavy (non-hydrogen) atoms. The van der Waals surface area contributed by atoms with Crippen molar-refractivity contribution in [3.63, 3.8) is 0 Å². The maximum atomic E-state index is 12.4. The molecule has 1 heterocycles. The van der Waals surface area contributed by atoms with Gasteiger partial charge in [0.1, 0.15) is 6.61 Å². The lowest BCUT2D eigenvalue weighted by Gasteiger charge is -2.19. The van der Waals surface area contributed by atoms with Crippen molar-refractivity contribution in [2.24, 2.45) is 0 Å². The summed E-state index contributed by atoms with van der Waals surface area (Å²) < 4.78 is 1.85. The van der Waals surface area contributed by atoms with E-state index < -0.39 is 5.56 Å². The van der Waals surface area contributed by atoms with E-state index in [1.165, 1.54) is 17.2 Å². The maximum absolute atomic E-state index is 12.4. The Balaban J connectivity index is 1.93. The van der Waals surface area contributed by atoms with Crippen LogP contribution in [0.25, 0.3) is 11.0 Å². The molecule has 0 aliphatic rings. The van der Waals surface area contributed by atoms with Crippen molar-refractivity contribution < 1.29 is 9.57 Å². The summed E-state index contributed by atoms with van der Waals surface area (Å²) >= 11 is 0. The fraction of sp³-hybridized carbons (Fsp3) is 0.300. The number of para-hydroxylation sites is 2. The van der Waals surface area contributed by atoms with Gasteiger partial charge in [-0.3, -0.25) is 4.79 Å². The average molecular weight is 338 g/mol. The van der Waals surface area contributed by atoms with E-state index in [2.05, 4.69) is 32.9 Å². The van der Waals surface area contributed by atoms with Crippen LogP contribution in [0.1, 0.15) is 37.6 Å². The van der Waals surface area contributed by atoms with Gasteiger partial charge in [0.15, 0.2) is 5.52 Å². The number of benzene rings is 2. The number of fused-ring (bicyclic) bond motifs is 1. The zero-order chi connectivity index (χ0) is 18.2. The van der Waals surface area contributed by atoms with E-state index >= 15 is 0 Å². The topological polar surface area (TPSA) is 58.2 Å². The van der Waals surface area contributed by atoms with E-state index in [0.29, 0.717) is 15.8 Å².